The predicted octanol–water partition coefficient (Wildman–Crippen LogP) is 5.34. The van der Waals surface area contributed by atoms with E-state index in [9.17, 15) is 0 Å². The summed E-state index contributed by atoms with van der Waals surface area (Å²) >= 11 is 6.10. The Labute approximate surface area is 198 Å². The third kappa shape index (κ3) is 4.71. The molecule has 3 heterocycles. The first-order valence-electron chi connectivity index (χ1n) is 11.9. The van der Waals surface area contributed by atoms with Gasteiger partial charge in [0.15, 0.2) is 5.82 Å². The molecule has 0 atom stereocenters. The molecule has 5 rings (SSSR count). The van der Waals surface area contributed by atoms with Crippen LogP contribution in [0.15, 0.2) is 36.4 Å². The minimum absolute atomic E-state index is 0.312. The largest absolute Gasteiger partial charge is 0.310 e. The number of aromatic nitrogens is 8. The topological polar surface area (TPSA) is 90.1 Å². The van der Waals surface area contributed by atoms with Crippen molar-refractivity contribution in [2.24, 2.45) is 0 Å². The number of rotatable bonds is 8. The molecule has 0 radical (unpaired) electrons. The van der Waals surface area contributed by atoms with Gasteiger partial charge < -0.3 is 4.57 Å². The molecule has 0 aliphatic heterocycles. The van der Waals surface area contributed by atoms with Gasteiger partial charge in [0.05, 0.1) is 12.2 Å². The zero-order valence-corrected chi connectivity index (χ0v) is 19.7. The monoisotopic (exact) mass is 464 g/mol. The third-order valence-corrected chi connectivity index (χ3v) is 6.69. The standard InChI is InChI=1S/C24H29ClN8/c1-2-3-9-22-26-24(25)29-32(22)16-17-10-12-19(13-11-17)33-20(18-7-5-4-6-8-18)14-15-21(33)23-27-30-31-28-23/h10-15,18H,2-9,16H2,1H3,(H,27,28,30,31). The number of nitrogens with zero attached hydrogens (tertiary/aromatic N) is 7. The first-order chi connectivity index (χ1) is 16.2. The van der Waals surface area contributed by atoms with Crippen LogP contribution in [0, 0.1) is 0 Å². The summed E-state index contributed by atoms with van der Waals surface area (Å²) in [7, 11) is 0. The van der Waals surface area contributed by atoms with Crippen molar-refractivity contribution in [3.05, 3.63) is 58.8 Å². The molecule has 0 unspecified atom stereocenters. The van der Waals surface area contributed by atoms with Crippen molar-refractivity contribution >= 4 is 11.6 Å². The van der Waals surface area contributed by atoms with Gasteiger partial charge in [-0.25, -0.2) is 14.8 Å². The van der Waals surface area contributed by atoms with Gasteiger partial charge in [0.25, 0.3) is 0 Å². The van der Waals surface area contributed by atoms with Crippen LogP contribution in [0.5, 0.6) is 0 Å². The number of hydrogen-bond donors (Lipinski definition) is 1. The highest BCUT2D eigenvalue weighted by molar-refractivity contribution is 6.28. The lowest BCUT2D eigenvalue weighted by Crippen LogP contribution is -2.11. The molecule has 33 heavy (non-hydrogen) atoms. The first-order valence-corrected chi connectivity index (χ1v) is 12.2. The number of aryl methyl sites for hydroxylation is 1. The number of H-pyrrole nitrogens is 1. The van der Waals surface area contributed by atoms with Gasteiger partial charge in [-0.1, -0.05) is 44.7 Å². The van der Waals surface area contributed by atoms with Gasteiger partial charge >= 0.3 is 0 Å². The number of nitrogens with one attached hydrogen (secondary N) is 1. The van der Waals surface area contributed by atoms with Crippen LogP contribution < -0.4 is 0 Å². The molecule has 0 spiro atoms. The Morgan fingerprint density at radius 3 is 2.61 bits per heavy atom. The SMILES string of the molecule is CCCCc1nc(Cl)nn1Cc1ccc(-n2c(-c3nnn[nH]3)ccc2C2CCCCC2)cc1. The van der Waals surface area contributed by atoms with Crippen molar-refractivity contribution in [3.63, 3.8) is 0 Å². The minimum Gasteiger partial charge on any atom is -0.310 e. The average Bonchev–Trinajstić information content (AvgIpc) is 3.59. The highest BCUT2D eigenvalue weighted by Crippen LogP contribution is 2.36. The van der Waals surface area contributed by atoms with E-state index in [2.05, 4.69) is 78.6 Å². The van der Waals surface area contributed by atoms with Crippen LogP contribution in [0.3, 0.4) is 0 Å². The zero-order chi connectivity index (χ0) is 22.6. The summed E-state index contributed by atoms with van der Waals surface area (Å²) in [6.45, 7) is 2.83. The fourth-order valence-electron chi connectivity index (χ4n) is 4.82. The summed E-state index contributed by atoms with van der Waals surface area (Å²) in [5.74, 6) is 2.18. The highest BCUT2D eigenvalue weighted by atomic mass is 35.5. The summed E-state index contributed by atoms with van der Waals surface area (Å²) in [5.41, 5.74) is 4.59. The molecule has 1 aliphatic rings. The molecular weight excluding hydrogens is 436 g/mol. The van der Waals surface area contributed by atoms with Crippen molar-refractivity contribution in [2.45, 2.75) is 70.8 Å². The number of unbranched alkanes of at least 4 members (excludes halogenated alkanes) is 1. The van der Waals surface area contributed by atoms with E-state index in [-0.39, 0.29) is 0 Å². The number of hydrogen-bond acceptors (Lipinski definition) is 5. The van der Waals surface area contributed by atoms with Crippen LogP contribution in [-0.4, -0.2) is 40.0 Å². The number of tetrazole rings is 1. The lowest BCUT2D eigenvalue weighted by Gasteiger charge is -2.24. The fraction of sp³-hybridized carbons (Fsp3) is 0.458. The number of aromatic amines is 1. The molecule has 0 saturated heterocycles. The Bertz CT molecular complexity index is 1170. The van der Waals surface area contributed by atoms with E-state index in [4.69, 9.17) is 11.6 Å². The fourth-order valence-corrected chi connectivity index (χ4v) is 5.01. The van der Waals surface area contributed by atoms with Gasteiger partial charge in [-0.05, 0) is 77.0 Å². The smallest absolute Gasteiger partial charge is 0.242 e. The van der Waals surface area contributed by atoms with Crippen LogP contribution in [0.4, 0.5) is 0 Å². The van der Waals surface area contributed by atoms with Gasteiger partial charge in [-0.2, -0.15) is 0 Å². The van der Waals surface area contributed by atoms with Gasteiger partial charge in [0, 0.05) is 17.8 Å². The molecule has 0 bridgehead atoms. The second kappa shape index (κ2) is 9.87. The first kappa shape index (κ1) is 21.8. The van der Waals surface area contributed by atoms with Crippen molar-refractivity contribution in [1.82, 2.24) is 40.0 Å². The predicted molar refractivity (Wildman–Crippen MR) is 128 cm³/mol. The Kier molecular flexibility index (Phi) is 6.53. The molecule has 172 valence electrons. The maximum Gasteiger partial charge on any atom is 0.242 e. The Morgan fingerprint density at radius 1 is 1.06 bits per heavy atom. The summed E-state index contributed by atoms with van der Waals surface area (Å²) < 4.78 is 4.22. The van der Waals surface area contributed by atoms with Gasteiger partial charge in [-0.15, -0.1) is 10.2 Å². The maximum atomic E-state index is 6.10. The Morgan fingerprint density at radius 2 is 1.88 bits per heavy atom. The summed E-state index contributed by atoms with van der Waals surface area (Å²) in [4.78, 5) is 4.40. The molecular formula is C24H29ClN8. The minimum atomic E-state index is 0.312. The van der Waals surface area contributed by atoms with Crippen LogP contribution in [0.1, 0.15) is 74.9 Å². The molecule has 1 aromatic carbocycles. The van der Waals surface area contributed by atoms with Crippen LogP contribution in [-0.2, 0) is 13.0 Å². The molecule has 8 nitrogen and oxygen atoms in total. The van der Waals surface area contributed by atoms with Gasteiger partial charge in [0.2, 0.25) is 5.28 Å². The quantitative estimate of drug-likeness (QED) is 0.380. The molecule has 9 heteroatoms. The Balaban J connectivity index is 1.45. The van der Waals surface area contributed by atoms with Crippen LogP contribution in [0.25, 0.3) is 17.2 Å². The van der Waals surface area contributed by atoms with E-state index in [0.717, 1.165) is 42.0 Å². The van der Waals surface area contributed by atoms with Crippen molar-refractivity contribution in [3.8, 4) is 17.2 Å². The van der Waals surface area contributed by atoms with Gasteiger partial charge in [-0.3, -0.25) is 0 Å². The van der Waals surface area contributed by atoms with Crippen LogP contribution >= 0.6 is 11.6 Å². The van der Waals surface area contributed by atoms with Crippen LogP contribution in [0.2, 0.25) is 5.28 Å². The highest BCUT2D eigenvalue weighted by Gasteiger charge is 2.23. The van der Waals surface area contributed by atoms with Crippen molar-refractivity contribution in [2.75, 3.05) is 0 Å². The molecule has 4 aromatic rings. The third-order valence-electron chi connectivity index (χ3n) is 6.53. The normalized spacial score (nSPS) is 14.7. The summed E-state index contributed by atoms with van der Waals surface area (Å²) in [6.07, 6.45) is 9.43. The van der Waals surface area contributed by atoms with E-state index in [1.807, 2.05) is 4.68 Å². The zero-order valence-electron chi connectivity index (χ0n) is 18.9. The molecule has 1 aliphatic carbocycles. The number of benzene rings is 1. The van der Waals surface area contributed by atoms with E-state index < -0.39 is 0 Å². The molecule has 1 saturated carbocycles. The van der Waals surface area contributed by atoms with E-state index in [1.54, 1.807) is 0 Å². The number of halogens is 1. The molecule has 0 amide bonds. The average molecular weight is 465 g/mol. The molecule has 1 fully saturated rings. The van der Waals surface area contributed by atoms with Crippen molar-refractivity contribution < 1.29 is 0 Å². The molecule has 1 N–H and O–H groups in total. The lowest BCUT2D eigenvalue weighted by molar-refractivity contribution is 0.433. The van der Waals surface area contributed by atoms with E-state index in [0.29, 0.717) is 23.6 Å². The maximum absolute atomic E-state index is 6.10. The van der Waals surface area contributed by atoms with Gasteiger partial charge in [0.1, 0.15) is 5.82 Å². The van der Waals surface area contributed by atoms with E-state index >= 15 is 0 Å². The lowest BCUT2D eigenvalue weighted by atomic mass is 9.87. The summed E-state index contributed by atoms with van der Waals surface area (Å²) in [5, 5.41) is 19.4. The molecule has 3 aromatic heterocycles. The summed E-state index contributed by atoms with van der Waals surface area (Å²) in [6, 6.07) is 13.0. The second-order valence-electron chi connectivity index (χ2n) is 8.79. The Hall–Kier alpha value is -3.00. The second-order valence-corrected chi connectivity index (χ2v) is 9.13. The van der Waals surface area contributed by atoms with E-state index in [1.165, 1.54) is 37.8 Å². The van der Waals surface area contributed by atoms with Crippen molar-refractivity contribution in [1.29, 1.82) is 0 Å².